The largest absolute Gasteiger partial charge is 0.380 e. The van der Waals surface area contributed by atoms with Crippen molar-refractivity contribution < 1.29 is 5.11 Å². The number of nitrogens with one attached hydrogen (secondary N) is 1. The van der Waals surface area contributed by atoms with Crippen LogP contribution in [0.25, 0.3) is 12.2 Å². The lowest BCUT2D eigenvalue weighted by Gasteiger charge is -2.49. The van der Waals surface area contributed by atoms with Crippen molar-refractivity contribution >= 4 is 12.2 Å². The molecule has 4 rings (SSSR count). The van der Waals surface area contributed by atoms with Gasteiger partial charge < -0.3 is 10.4 Å². The molecule has 0 spiro atoms. The summed E-state index contributed by atoms with van der Waals surface area (Å²) >= 11 is 0. The molecule has 2 heteroatoms. The fourth-order valence-corrected chi connectivity index (χ4v) is 4.26. The van der Waals surface area contributed by atoms with Crippen molar-refractivity contribution in [3.05, 3.63) is 70.8 Å². The fourth-order valence-electron chi connectivity index (χ4n) is 4.26. The van der Waals surface area contributed by atoms with Crippen molar-refractivity contribution in [1.29, 1.82) is 0 Å². The molecule has 2 aliphatic rings. The first-order chi connectivity index (χ1) is 11.2. The monoisotopic (exact) mass is 305 g/mol. The maximum Gasteiger partial charge on any atom is 0.121 e. The van der Waals surface area contributed by atoms with Gasteiger partial charge in [-0.3, -0.25) is 0 Å². The van der Waals surface area contributed by atoms with E-state index in [9.17, 15) is 5.11 Å². The quantitative estimate of drug-likeness (QED) is 0.840. The summed E-state index contributed by atoms with van der Waals surface area (Å²) in [5, 5.41) is 15.6. The van der Waals surface area contributed by atoms with Gasteiger partial charge in [0.2, 0.25) is 0 Å². The van der Waals surface area contributed by atoms with Crippen molar-refractivity contribution in [1.82, 2.24) is 5.32 Å². The summed E-state index contributed by atoms with van der Waals surface area (Å²) in [4.78, 5) is 0. The predicted octanol–water partition coefficient (Wildman–Crippen LogP) is 3.80. The van der Waals surface area contributed by atoms with Gasteiger partial charge in [-0.25, -0.2) is 0 Å². The minimum Gasteiger partial charge on any atom is -0.380 e. The SMILES string of the molecule is CC1(C2(O)c3ccccc3C=Cc3ccccc32)CCNCC1. The highest BCUT2D eigenvalue weighted by Gasteiger charge is 2.51. The number of benzene rings is 2. The average molecular weight is 305 g/mol. The van der Waals surface area contributed by atoms with Gasteiger partial charge in [0.15, 0.2) is 0 Å². The summed E-state index contributed by atoms with van der Waals surface area (Å²) in [6.45, 7) is 4.15. The van der Waals surface area contributed by atoms with Gasteiger partial charge in [-0.1, -0.05) is 67.6 Å². The number of hydrogen-bond donors (Lipinski definition) is 2. The molecule has 1 fully saturated rings. The van der Waals surface area contributed by atoms with Crippen LogP contribution in [-0.4, -0.2) is 18.2 Å². The van der Waals surface area contributed by atoms with Gasteiger partial charge in [-0.15, -0.1) is 0 Å². The van der Waals surface area contributed by atoms with Crippen LogP contribution >= 0.6 is 0 Å². The number of piperidine rings is 1. The number of fused-ring (bicyclic) bond motifs is 2. The lowest BCUT2D eigenvalue weighted by atomic mass is 9.61. The molecule has 23 heavy (non-hydrogen) atoms. The van der Waals surface area contributed by atoms with Crippen LogP contribution in [0.15, 0.2) is 48.5 Å². The smallest absolute Gasteiger partial charge is 0.121 e. The normalized spacial score (nSPS) is 21.1. The summed E-state index contributed by atoms with van der Waals surface area (Å²) in [7, 11) is 0. The molecule has 2 aromatic carbocycles. The van der Waals surface area contributed by atoms with Crippen molar-refractivity contribution in [3.8, 4) is 0 Å². The maximum atomic E-state index is 12.2. The standard InChI is InChI=1S/C21H23NO/c1-20(12-14-22-15-13-20)21(23)18-8-4-2-6-16(18)10-11-17-7-3-5-9-19(17)21/h2-11,22-23H,12-15H2,1H3. The minimum absolute atomic E-state index is 0.184. The van der Waals surface area contributed by atoms with Crippen LogP contribution in [0.1, 0.15) is 42.0 Å². The van der Waals surface area contributed by atoms with E-state index in [2.05, 4.69) is 48.7 Å². The van der Waals surface area contributed by atoms with Gasteiger partial charge in [0.25, 0.3) is 0 Å². The van der Waals surface area contributed by atoms with E-state index in [0.717, 1.165) is 48.2 Å². The Morgan fingerprint density at radius 2 is 1.30 bits per heavy atom. The molecule has 1 aliphatic heterocycles. The van der Waals surface area contributed by atoms with Crippen LogP contribution in [0.2, 0.25) is 0 Å². The maximum absolute atomic E-state index is 12.2. The van der Waals surface area contributed by atoms with Gasteiger partial charge >= 0.3 is 0 Å². The van der Waals surface area contributed by atoms with Crippen LogP contribution in [0.5, 0.6) is 0 Å². The van der Waals surface area contributed by atoms with Crippen LogP contribution in [-0.2, 0) is 5.60 Å². The zero-order valence-electron chi connectivity index (χ0n) is 13.5. The molecule has 2 N–H and O–H groups in total. The molecule has 0 radical (unpaired) electrons. The molecule has 0 amide bonds. The first-order valence-corrected chi connectivity index (χ1v) is 8.45. The van der Waals surface area contributed by atoms with Crippen molar-refractivity contribution in [2.24, 2.45) is 5.41 Å². The Morgan fingerprint density at radius 1 is 0.826 bits per heavy atom. The van der Waals surface area contributed by atoms with E-state index in [1.807, 2.05) is 24.3 Å². The first-order valence-electron chi connectivity index (χ1n) is 8.45. The van der Waals surface area contributed by atoms with Crippen LogP contribution in [0, 0.1) is 5.41 Å². The Kier molecular flexibility index (Phi) is 3.40. The van der Waals surface area contributed by atoms with Gasteiger partial charge in [0.05, 0.1) is 0 Å². The van der Waals surface area contributed by atoms with Crippen molar-refractivity contribution in [2.75, 3.05) is 13.1 Å². The van der Waals surface area contributed by atoms with Crippen molar-refractivity contribution in [2.45, 2.75) is 25.4 Å². The second-order valence-electron chi connectivity index (χ2n) is 7.03. The molecular weight excluding hydrogens is 282 g/mol. The highest BCUT2D eigenvalue weighted by Crippen LogP contribution is 2.53. The highest BCUT2D eigenvalue weighted by molar-refractivity contribution is 5.77. The molecule has 1 aliphatic carbocycles. The zero-order chi connectivity index (χ0) is 15.9. The topological polar surface area (TPSA) is 32.3 Å². The second kappa shape index (κ2) is 5.33. The Labute approximate surface area is 137 Å². The van der Waals surface area contributed by atoms with Crippen LogP contribution in [0.4, 0.5) is 0 Å². The Hall–Kier alpha value is -1.90. The van der Waals surface area contributed by atoms with Crippen molar-refractivity contribution in [3.63, 3.8) is 0 Å². The molecule has 2 aromatic rings. The summed E-state index contributed by atoms with van der Waals surface area (Å²) < 4.78 is 0. The summed E-state index contributed by atoms with van der Waals surface area (Å²) in [6, 6.07) is 16.6. The summed E-state index contributed by atoms with van der Waals surface area (Å²) in [6.07, 6.45) is 6.20. The third-order valence-electron chi connectivity index (χ3n) is 5.72. The number of hydrogen-bond acceptors (Lipinski definition) is 2. The van der Waals surface area contributed by atoms with E-state index in [0.29, 0.717) is 0 Å². The second-order valence-corrected chi connectivity index (χ2v) is 7.03. The van der Waals surface area contributed by atoms with Gasteiger partial charge in [0.1, 0.15) is 5.60 Å². The molecule has 2 nitrogen and oxygen atoms in total. The molecule has 1 saturated heterocycles. The number of aliphatic hydroxyl groups is 1. The van der Waals surface area contributed by atoms with Gasteiger partial charge in [-0.2, -0.15) is 0 Å². The predicted molar refractivity (Wildman–Crippen MR) is 95.0 cm³/mol. The minimum atomic E-state index is -0.966. The summed E-state index contributed by atoms with van der Waals surface area (Å²) in [5.74, 6) is 0. The van der Waals surface area contributed by atoms with Crippen LogP contribution < -0.4 is 5.32 Å². The molecule has 0 unspecified atom stereocenters. The lowest BCUT2D eigenvalue weighted by Crippen LogP contribution is -2.51. The zero-order valence-corrected chi connectivity index (χ0v) is 13.5. The van der Waals surface area contributed by atoms with Crippen LogP contribution in [0.3, 0.4) is 0 Å². The van der Waals surface area contributed by atoms with Gasteiger partial charge in [-0.05, 0) is 48.2 Å². The fraction of sp³-hybridized carbons (Fsp3) is 0.333. The van der Waals surface area contributed by atoms with E-state index in [1.54, 1.807) is 0 Å². The van der Waals surface area contributed by atoms with Gasteiger partial charge in [0, 0.05) is 5.41 Å². The average Bonchev–Trinajstić information content (AvgIpc) is 2.73. The molecule has 0 bridgehead atoms. The van der Waals surface area contributed by atoms with E-state index in [1.165, 1.54) is 0 Å². The highest BCUT2D eigenvalue weighted by atomic mass is 16.3. The van der Waals surface area contributed by atoms with E-state index < -0.39 is 5.60 Å². The molecule has 0 aromatic heterocycles. The Bertz CT molecular complexity index is 706. The molecule has 0 atom stereocenters. The molecule has 118 valence electrons. The molecular formula is C21H23NO. The summed E-state index contributed by atoms with van der Waals surface area (Å²) in [5.41, 5.74) is 3.15. The molecule has 0 saturated carbocycles. The number of rotatable bonds is 1. The Morgan fingerprint density at radius 3 is 1.83 bits per heavy atom. The first kappa shape index (κ1) is 14.7. The molecule has 1 heterocycles. The van der Waals surface area contributed by atoms with E-state index >= 15 is 0 Å². The third-order valence-corrected chi connectivity index (χ3v) is 5.72. The third kappa shape index (κ3) is 2.09. The lowest BCUT2D eigenvalue weighted by molar-refractivity contribution is -0.0642. The Balaban J connectivity index is 2.02. The van der Waals surface area contributed by atoms with E-state index in [4.69, 9.17) is 0 Å². The van der Waals surface area contributed by atoms with E-state index in [-0.39, 0.29) is 5.41 Å².